The van der Waals surface area contributed by atoms with Gasteiger partial charge in [-0.1, -0.05) is 30.3 Å². The van der Waals surface area contributed by atoms with Crippen LogP contribution in [0.2, 0.25) is 0 Å². The van der Waals surface area contributed by atoms with Gasteiger partial charge in [0.25, 0.3) is 0 Å². The van der Waals surface area contributed by atoms with Crippen LogP contribution in [0.3, 0.4) is 0 Å². The van der Waals surface area contributed by atoms with Gasteiger partial charge < -0.3 is 15.3 Å². The SMILES string of the molecule is CN1CCCC(C(=O)NC2CN(Cc3ccccc3)CCC2CO)C1. The van der Waals surface area contributed by atoms with Crippen LogP contribution >= 0.6 is 0 Å². The molecule has 0 spiro atoms. The van der Waals surface area contributed by atoms with Crippen LogP contribution in [0.15, 0.2) is 30.3 Å². The molecule has 3 unspecified atom stereocenters. The van der Waals surface area contributed by atoms with E-state index in [-0.39, 0.29) is 30.4 Å². The van der Waals surface area contributed by atoms with Gasteiger partial charge in [-0.15, -0.1) is 0 Å². The maximum atomic E-state index is 12.7. The normalized spacial score (nSPS) is 28.6. The molecule has 1 aromatic carbocycles. The monoisotopic (exact) mass is 345 g/mol. The highest BCUT2D eigenvalue weighted by molar-refractivity contribution is 5.79. The number of aliphatic hydroxyl groups is 1. The molecular formula is C20H31N3O2. The van der Waals surface area contributed by atoms with Crippen molar-refractivity contribution in [1.82, 2.24) is 15.1 Å². The number of piperidine rings is 2. The molecule has 0 saturated carbocycles. The number of nitrogens with zero attached hydrogens (tertiary/aromatic N) is 2. The fourth-order valence-electron chi connectivity index (χ4n) is 4.12. The van der Waals surface area contributed by atoms with Crippen LogP contribution in [0.4, 0.5) is 0 Å². The quantitative estimate of drug-likeness (QED) is 0.845. The van der Waals surface area contributed by atoms with E-state index in [1.165, 1.54) is 5.56 Å². The molecular weight excluding hydrogens is 314 g/mol. The first kappa shape index (κ1) is 18.4. The van der Waals surface area contributed by atoms with Gasteiger partial charge in [-0.25, -0.2) is 0 Å². The molecule has 2 N–H and O–H groups in total. The summed E-state index contributed by atoms with van der Waals surface area (Å²) >= 11 is 0. The van der Waals surface area contributed by atoms with E-state index in [9.17, 15) is 9.90 Å². The molecule has 3 rings (SSSR count). The van der Waals surface area contributed by atoms with E-state index in [1.54, 1.807) is 0 Å². The summed E-state index contributed by atoms with van der Waals surface area (Å²) in [7, 11) is 2.08. The third-order valence-electron chi connectivity index (χ3n) is 5.65. The molecule has 3 atom stereocenters. The zero-order valence-corrected chi connectivity index (χ0v) is 15.2. The third kappa shape index (κ3) is 5.03. The van der Waals surface area contributed by atoms with Crippen LogP contribution in [0.5, 0.6) is 0 Å². The minimum absolute atomic E-state index is 0.0437. The van der Waals surface area contributed by atoms with Crippen molar-refractivity contribution in [3.8, 4) is 0 Å². The summed E-state index contributed by atoms with van der Waals surface area (Å²) in [6.07, 6.45) is 2.99. The highest BCUT2D eigenvalue weighted by Gasteiger charge is 2.32. The zero-order valence-electron chi connectivity index (χ0n) is 15.2. The summed E-state index contributed by atoms with van der Waals surface area (Å²) in [5.41, 5.74) is 1.30. The molecule has 2 aliphatic rings. The number of rotatable bonds is 5. The second-order valence-electron chi connectivity index (χ2n) is 7.67. The van der Waals surface area contributed by atoms with Crippen molar-refractivity contribution in [3.05, 3.63) is 35.9 Å². The van der Waals surface area contributed by atoms with Gasteiger partial charge >= 0.3 is 0 Å². The van der Waals surface area contributed by atoms with E-state index in [4.69, 9.17) is 0 Å². The van der Waals surface area contributed by atoms with Gasteiger partial charge in [-0.05, 0) is 45.0 Å². The highest BCUT2D eigenvalue weighted by atomic mass is 16.3. The Morgan fingerprint density at radius 1 is 1.20 bits per heavy atom. The number of likely N-dealkylation sites (tertiary alicyclic amines) is 2. The van der Waals surface area contributed by atoms with E-state index in [0.717, 1.165) is 52.0 Å². The lowest BCUT2D eigenvalue weighted by Gasteiger charge is -2.39. The van der Waals surface area contributed by atoms with Crippen LogP contribution in [-0.4, -0.2) is 66.7 Å². The Morgan fingerprint density at radius 2 is 2.00 bits per heavy atom. The molecule has 138 valence electrons. The molecule has 1 aromatic rings. The van der Waals surface area contributed by atoms with Crippen molar-refractivity contribution in [2.24, 2.45) is 11.8 Å². The zero-order chi connectivity index (χ0) is 17.6. The third-order valence-corrected chi connectivity index (χ3v) is 5.65. The van der Waals surface area contributed by atoms with Gasteiger partial charge in [-0.2, -0.15) is 0 Å². The molecule has 2 aliphatic heterocycles. The van der Waals surface area contributed by atoms with E-state index in [2.05, 4.69) is 46.4 Å². The number of hydrogen-bond donors (Lipinski definition) is 2. The number of amides is 1. The van der Waals surface area contributed by atoms with Crippen molar-refractivity contribution in [2.75, 3.05) is 39.8 Å². The Morgan fingerprint density at radius 3 is 2.72 bits per heavy atom. The van der Waals surface area contributed by atoms with Crippen molar-refractivity contribution >= 4 is 5.91 Å². The van der Waals surface area contributed by atoms with Crippen LogP contribution in [0.1, 0.15) is 24.8 Å². The first-order chi connectivity index (χ1) is 12.2. The Bertz CT molecular complexity index is 551. The molecule has 2 saturated heterocycles. The highest BCUT2D eigenvalue weighted by Crippen LogP contribution is 2.21. The minimum atomic E-state index is 0.0437. The average molecular weight is 345 g/mol. The number of aliphatic hydroxyl groups excluding tert-OH is 1. The number of carbonyl (C=O) groups is 1. The van der Waals surface area contributed by atoms with Crippen LogP contribution in [0, 0.1) is 11.8 Å². The maximum absolute atomic E-state index is 12.7. The van der Waals surface area contributed by atoms with E-state index in [1.807, 2.05) is 6.07 Å². The predicted octanol–water partition coefficient (Wildman–Crippen LogP) is 1.33. The molecule has 0 radical (unpaired) electrons. The van der Waals surface area contributed by atoms with Crippen molar-refractivity contribution < 1.29 is 9.90 Å². The summed E-state index contributed by atoms with van der Waals surface area (Å²) in [6.45, 7) is 4.76. The second kappa shape index (κ2) is 8.79. The molecule has 25 heavy (non-hydrogen) atoms. The summed E-state index contributed by atoms with van der Waals surface area (Å²) in [6, 6.07) is 10.5. The minimum Gasteiger partial charge on any atom is -0.396 e. The van der Waals surface area contributed by atoms with E-state index in [0.29, 0.717) is 0 Å². The topological polar surface area (TPSA) is 55.8 Å². The number of benzene rings is 1. The van der Waals surface area contributed by atoms with Crippen LogP contribution < -0.4 is 5.32 Å². The molecule has 2 heterocycles. The molecule has 5 nitrogen and oxygen atoms in total. The Kier molecular flexibility index (Phi) is 6.45. The predicted molar refractivity (Wildman–Crippen MR) is 99.1 cm³/mol. The summed E-state index contributed by atoms with van der Waals surface area (Å²) in [5.74, 6) is 0.413. The first-order valence-corrected chi connectivity index (χ1v) is 9.51. The molecule has 1 amide bonds. The van der Waals surface area contributed by atoms with Crippen molar-refractivity contribution in [2.45, 2.75) is 31.8 Å². The standard InChI is InChI=1S/C20H31N3O2/c1-22-10-5-8-17(13-22)20(25)21-19-14-23(11-9-18(19)15-24)12-16-6-3-2-4-7-16/h2-4,6-7,17-19,24H,5,8-15H2,1H3,(H,21,25). The van der Waals surface area contributed by atoms with Gasteiger partial charge in [0.2, 0.25) is 5.91 Å². The average Bonchev–Trinajstić information content (AvgIpc) is 2.63. The van der Waals surface area contributed by atoms with Gasteiger partial charge in [0.05, 0.1) is 5.92 Å². The van der Waals surface area contributed by atoms with Gasteiger partial charge in [0, 0.05) is 38.2 Å². The molecule has 0 bridgehead atoms. The van der Waals surface area contributed by atoms with Crippen LogP contribution in [-0.2, 0) is 11.3 Å². The Balaban J connectivity index is 1.58. The Hall–Kier alpha value is -1.43. The van der Waals surface area contributed by atoms with E-state index >= 15 is 0 Å². The first-order valence-electron chi connectivity index (χ1n) is 9.51. The van der Waals surface area contributed by atoms with Gasteiger partial charge in [0.15, 0.2) is 0 Å². The largest absolute Gasteiger partial charge is 0.396 e. The summed E-state index contributed by atoms with van der Waals surface area (Å²) in [5, 5.41) is 13.0. The van der Waals surface area contributed by atoms with Crippen LogP contribution in [0.25, 0.3) is 0 Å². The smallest absolute Gasteiger partial charge is 0.224 e. The molecule has 0 aromatic heterocycles. The molecule has 5 heteroatoms. The molecule has 0 aliphatic carbocycles. The number of hydrogen-bond acceptors (Lipinski definition) is 4. The second-order valence-corrected chi connectivity index (χ2v) is 7.67. The fraction of sp³-hybridized carbons (Fsp3) is 0.650. The number of carbonyl (C=O) groups excluding carboxylic acids is 1. The molecule has 2 fully saturated rings. The van der Waals surface area contributed by atoms with Gasteiger partial charge in [-0.3, -0.25) is 9.69 Å². The lowest BCUT2D eigenvalue weighted by Crippen LogP contribution is -2.55. The lowest BCUT2D eigenvalue weighted by molar-refractivity contribution is -0.128. The summed E-state index contributed by atoms with van der Waals surface area (Å²) < 4.78 is 0. The summed E-state index contributed by atoms with van der Waals surface area (Å²) in [4.78, 5) is 17.3. The van der Waals surface area contributed by atoms with E-state index < -0.39 is 0 Å². The number of nitrogens with one attached hydrogen (secondary N) is 1. The fourth-order valence-corrected chi connectivity index (χ4v) is 4.12. The van der Waals surface area contributed by atoms with Crippen molar-refractivity contribution in [3.63, 3.8) is 0 Å². The maximum Gasteiger partial charge on any atom is 0.224 e. The lowest BCUT2D eigenvalue weighted by atomic mass is 9.90. The van der Waals surface area contributed by atoms with Gasteiger partial charge in [0.1, 0.15) is 0 Å². The van der Waals surface area contributed by atoms with Crippen molar-refractivity contribution in [1.29, 1.82) is 0 Å². The Labute approximate surface area is 151 Å².